The summed E-state index contributed by atoms with van der Waals surface area (Å²) in [4.78, 5) is 25.1. The van der Waals surface area contributed by atoms with Gasteiger partial charge in [0.1, 0.15) is 10.6 Å². The molecule has 3 aromatic rings. The van der Waals surface area contributed by atoms with Crippen molar-refractivity contribution in [2.45, 2.75) is 26.9 Å². The van der Waals surface area contributed by atoms with Crippen LogP contribution in [0.1, 0.15) is 27.9 Å². The highest BCUT2D eigenvalue weighted by Gasteiger charge is 2.23. The molecule has 0 aliphatic carbocycles. The molecule has 1 amide bonds. The predicted octanol–water partition coefficient (Wildman–Crippen LogP) is 4.20. The summed E-state index contributed by atoms with van der Waals surface area (Å²) in [6.07, 6.45) is -0.965. The summed E-state index contributed by atoms with van der Waals surface area (Å²) < 4.78 is 10.2. The van der Waals surface area contributed by atoms with Crippen molar-refractivity contribution < 1.29 is 18.8 Å². The molecule has 2 aromatic heterocycles. The van der Waals surface area contributed by atoms with E-state index in [1.54, 1.807) is 13.0 Å². The molecule has 0 saturated carbocycles. The summed E-state index contributed by atoms with van der Waals surface area (Å²) in [6, 6.07) is 11.3. The zero-order valence-corrected chi connectivity index (χ0v) is 15.4. The fraction of sp³-hybridized carbons (Fsp3) is 0.211. The molecule has 0 fully saturated rings. The molecule has 0 unspecified atom stereocenters. The summed E-state index contributed by atoms with van der Waals surface area (Å²) in [5.41, 5.74) is 2.86. The van der Waals surface area contributed by atoms with Crippen LogP contribution in [0.25, 0.3) is 11.1 Å². The van der Waals surface area contributed by atoms with Gasteiger partial charge in [-0.25, -0.2) is 4.79 Å². The van der Waals surface area contributed by atoms with Gasteiger partial charge in [-0.2, -0.15) is 0 Å². The summed E-state index contributed by atoms with van der Waals surface area (Å²) in [5.74, 6) is -0.146. The van der Waals surface area contributed by atoms with E-state index < -0.39 is 18.0 Å². The average Bonchev–Trinajstić information content (AvgIpc) is 3.24. The maximum atomic E-state index is 12.5. The number of aromatic nitrogens is 1. The first kappa shape index (κ1) is 17.9. The van der Waals surface area contributed by atoms with Gasteiger partial charge >= 0.3 is 5.97 Å². The number of thiophene rings is 1. The molecular formula is C19H18N2O4S. The van der Waals surface area contributed by atoms with E-state index in [1.165, 1.54) is 18.3 Å². The number of ether oxygens (including phenoxy) is 1. The van der Waals surface area contributed by atoms with Gasteiger partial charge in [0.15, 0.2) is 11.9 Å². The molecule has 2 heterocycles. The SMILES string of the molecule is Cc1ccc(-c2ccsc2C(=O)O[C@@H](C)C(=O)Nc2cc(C)on2)cc1. The number of rotatable bonds is 5. The van der Waals surface area contributed by atoms with Gasteiger partial charge in [0.05, 0.1) is 0 Å². The molecule has 1 atom stereocenters. The Kier molecular flexibility index (Phi) is 5.18. The Balaban J connectivity index is 1.69. The van der Waals surface area contributed by atoms with Crippen molar-refractivity contribution in [3.8, 4) is 11.1 Å². The summed E-state index contributed by atoms with van der Waals surface area (Å²) >= 11 is 1.28. The number of hydrogen-bond donors (Lipinski definition) is 1. The molecule has 0 spiro atoms. The quantitative estimate of drug-likeness (QED) is 0.681. The first-order valence-corrected chi connectivity index (χ1v) is 8.91. The van der Waals surface area contributed by atoms with Crippen LogP contribution < -0.4 is 5.32 Å². The van der Waals surface area contributed by atoms with E-state index in [0.29, 0.717) is 10.6 Å². The lowest BCUT2D eigenvalue weighted by molar-refractivity contribution is -0.123. The molecule has 3 rings (SSSR count). The third-order valence-corrected chi connectivity index (χ3v) is 4.64. The maximum Gasteiger partial charge on any atom is 0.349 e. The van der Waals surface area contributed by atoms with Crippen LogP contribution in [-0.2, 0) is 9.53 Å². The number of carbonyl (C=O) groups is 2. The van der Waals surface area contributed by atoms with Gasteiger partial charge in [-0.3, -0.25) is 4.79 Å². The summed E-state index contributed by atoms with van der Waals surface area (Å²) in [7, 11) is 0. The molecule has 134 valence electrons. The van der Waals surface area contributed by atoms with Gasteiger partial charge in [0.25, 0.3) is 5.91 Å². The average molecular weight is 370 g/mol. The number of anilines is 1. The van der Waals surface area contributed by atoms with Crippen LogP contribution in [0.15, 0.2) is 46.3 Å². The molecule has 6 nitrogen and oxygen atoms in total. The van der Waals surface area contributed by atoms with Crippen molar-refractivity contribution >= 4 is 29.0 Å². The molecule has 0 aliphatic heterocycles. The van der Waals surface area contributed by atoms with Crippen LogP contribution in [0.4, 0.5) is 5.82 Å². The monoisotopic (exact) mass is 370 g/mol. The topological polar surface area (TPSA) is 81.4 Å². The number of nitrogens with one attached hydrogen (secondary N) is 1. The van der Waals surface area contributed by atoms with Gasteiger partial charge in [0.2, 0.25) is 0 Å². The molecule has 0 bridgehead atoms. The van der Waals surface area contributed by atoms with Gasteiger partial charge < -0.3 is 14.6 Å². The summed E-state index contributed by atoms with van der Waals surface area (Å²) in [5, 5.41) is 8.06. The second-order valence-corrected chi connectivity index (χ2v) is 6.81. The lowest BCUT2D eigenvalue weighted by Crippen LogP contribution is -2.30. The number of carbonyl (C=O) groups excluding carboxylic acids is 2. The molecule has 26 heavy (non-hydrogen) atoms. The molecule has 1 aromatic carbocycles. The van der Waals surface area contributed by atoms with E-state index >= 15 is 0 Å². The van der Waals surface area contributed by atoms with Gasteiger partial charge in [-0.1, -0.05) is 35.0 Å². The lowest BCUT2D eigenvalue weighted by atomic mass is 10.1. The van der Waals surface area contributed by atoms with Crippen molar-refractivity contribution in [1.29, 1.82) is 0 Å². The normalized spacial score (nSPS) is 11.8. The van der Waals surface area contributed by atoms with Crippen molar-refractivity contribution in [2.24, 2.45) is 0 Å². The Labute approximate surface area is 154 Å². The smallest absolute Gasteiger partial charge is 0.349 e. The van der Waals surface area contributed by atoms with E-state index in [-0.39, 0.29) is 5.82 Å². The first-order chi connectivity index (χ1) is 12.4. The van der Waals surface area contributed by atoms with Crippen molar-refractivity contribution in [3.05, 3.63) is 58.0 Å². The zero-order valence-electron chi connectivity index (χ0n) is 14.6. The standard InChI is InChI=1S/C19H18N2O4S/c1-11-4-6-14(7-5-11)15-8-9-26-17(15)19(23)24-13(3)18(22)20-16-10-12(2)25-21-16/h4-10,13H,1-3H3,(H,20,21,22)/t13-/m0/s1. The van der Waals surface area contributed by atoms with E-state index in [9.17, 15) is 9.59 Å². The minimum atomic E-state index is -0.965. The van der Waals surface area contributed by atoms with E-state index in [2.05, 4.69) is 10.5 Å². The van der Waals surface area contributed by atoms with Crippen LogP contribution in [0, 0.1) is 13.8 Å². The van der Waals surface area contributed by atoms with Crippen LogP contribution in [0.5, 0.6) is 0 Å². The first-order valence-electron chi connectivity index (χ1n) is 8.03. The Morgan fingerprint density at radius 1 is 1.19 bits per heavy atom. The molecular weight excluding hydrogens is 352 g/mol. The van der Waals surface area contributed by atoms with E-state index in [0.717, 1.165) is 16.7 Å². The van der Waals surface area contributed by atoms with Gasteiger partial charge in [-0.05, 0) is 37.8 Å². The van der Waals surface area contributed by atoms with Crippen LogP contribution >= 0.6 is 11.3 Å². The fourth-order valence-electron chi connectivity index (χ4n) is 2.35. The Bertz CT molecular complexity index is 927. The third-order valence-electron chi connectivity index (χ3n) is 3.75. The third kappa shape index (κ3) is 4.00. The highest BCUT2D eigenvalue weighted by molar-refractivity contribution is 7.12. The summed E-state index contributed by atoms with van der Waals surface area (Å²) in [6.45, 7) is 5.23. The minimum absolute atomic E-state index is 0.284. The van der Waals surface area contributed by atoms with E-state index in [1.807, 2.05) is 42.6 Å². The Hall–Kier alpha value is -2.93. The number of nitrogens with zero attached hydrogens (tertiary/aromatic N) is 1. The lowest BCUT2D eigenvalue weighted by Gasteiger charge is -2.12. The number of aryl methyl sites for hydroxylation is 2. The molecule has 0 radical (unpaired) electrons. The second kappa shape index (κ2) is 7.53. The molecule has 0 saturated heterocycles. The number of hydrogen-bond acceptors (Lipinski definition) is 6. The van der Waals surface area contributed by atoms with Crippen molar-refractivity contribution in [3.63, 3.8) is 0 Å². The number of amides is 1. The highest BCUT2D eigenvalue weighted by atomic mass is 32.1. The predicted molar refractivity (Wildman–Crippen MR) is 99.2 cm³/mol. The maximum absolute atomic E-state index is 12.5. The largest absolute Gasteiger partial charge is 0.448 e. The van der Waals surface area contributed by atoms with E-state index in [4.69, 9.17) is 9.26 Å². The molecule has 7 heteroatoms. The number of benzene rings is 1. The zero-order chi connectivity index (χ0) is 18.7. The molecule has 0 aliphatic rings. The van der Waals surface area contributed by atoms with Crippen LogP contribution in [0.3, 0.4) is 0 Å². The Morgan fingerprint density at radius 2 is 1.92 bits per heavy atom. The van der Waals surface area contributed by atoms with Gasteiger partial charge in [-0.15, -0.1) is 11.3 Å². The fourth-order valence-corrected chi connectivity index (χ4v) is 3.15. The second-order valence-electron chi connectivity index (χ2n) is 5.89. The van der Waals surface area contributed by atoms with Crippen LogP contribution in [0.2, 0.25) is 0 Å². The molecule has 1 N–H and O–H groups in total. The minimum Gasteiger partial charge on any atom is -0.448 e. The van der Waals surface area contributed by atoms with Gasteiger partial charge in [0, 0.05) is 11.6 Å². The van der Waals surface area contributed by atoms with Crippen molar-refractivity contribution in [2.75, 3.05) is 5.32 Å². The Morgan fingerprint density at radius 3 is 2.58 bits per heavy atom. The number of esters is 1. The highest BCUT2D eigenvalue weighted by Crippen LogP contribution is 2.29. The van der Waals surface area contributed by atoms with Crippen LogP contribution in [-0.4, -0.2) is 23.1 Å². The van der Waals surface area contributed by atoms with Crippen molar-refractivity contribution in [1.82, 2.24) is 5.16 Å².